The number of tetrazole rings is 1. The van der Waals surface area contributed by atoms with Crippen LogP contribution in [0.25, 0.3) is 0 Å². The maximum atomic E-state index is 3.98. The van der Waals surface area contributed by atoms with Crippen molar-refractivity contribution in [3.63, 3.8) is 0 Å². The van der Waals surface area contributed by atoms with Gasteiger partial charge in [-0.25, -0.2) is 4.68 Å². The van der Waals surface area contributed by atoms with E-state index in [1.165, 1.54) is 0 Å². The molecular formula is C10H19N5S. The molecule has 0 spiro atoms. The number of hydrogen-bond donors (Lipinski definition) is 1. The molecule has 0 aromatic carbocycles. The number of thioether (sulfide) groups is 1. The van der Waals surface area contributed by atoms with Crippen LogP contribution in [0.4, 0.5) is 0 Å². The third kappa shape index (κ3) is 4.76. The predicted molar refractivity (Wildman–Crippen MR) is 66.5 cm³/mol. The standard InChI is InChI=1S/C10H19N5S/c1-8(2)7-16-10-12-13-14-15(10)6-5-11-9(3)4/h9,11H,1,5-7H2,2-4H3. The second-order valence-electron chi connectivity index (χ2n) is 4.04. The van der Waals surface area contributed by atoms with Gasteiger partial charge in [0.2, 0.25) is 5.16 Å². The molecule has 1 rings (SSSR count). The lowest BCUT2D eigenvalue weighted by Gasteiger charge is -2.08. The summed E-state index contributed by atoms with van der Waals surface area (Å²) >= 11 is 1.62. The first kappa shape index (κ1) is 13.2. The highest BCUT2D eigenvalue weighted by Gasteiger charge is 2.06. The first-order valence-electron chi connectivity index (χ1n) is 5.36. The van der Waals surface area contributed by atoms with Crippen molar-refractivity contribution in [2.24, 2.45) is 0 Å². The maximum Gasteiger partial charge on any atom is 0.209 e. The summed E-state index contributed by atoms with van der Waals surface area (Å²) < 4.78 is 1.82. The van der Waals surface area contributed by atoms with Crippen LogP contribution in [0, 0.1) is 0 Å². The Morgan fingerprint density at radius 2 is 2.31 bits per heavy atom. The van der Waals surface area contributed by atoms with Crippen molar-refractivity contribution in [2.45, 2.75) is 38.5 Å². The first-order valence-corrected chi connectivity index (χ1v) is 6.35. The topological polar surface area (TPSA) is 55.6 Å². The minimum Gasteiger partial charge on any atom is -0.313 e. The second-order valence-corrected chi connectivity index (χ2v) is 4.98. The van der Waals surface area contributed by atoms with Crippen molar-refractivity contribution in [1.29, 1.82) is 0 Å². The van der Waals surface area contributed by atoms with Gasteiger partial charge in [0.05, 0.1) is 6.54 Å². The van der Waals surface area contributed by atoms with Crippen LogP contribution in [-0.4, -0.2) is 38.5 Å². The van der Waals surface area contributed by atoms with Crippen LogP contribution in [0.5, 0.6) is 0 Å². The number of nitrogens with zero attached hydrogens (tertiary/aromatic N) is 4. The molecule has 5 nitrogen and oxygen atoms in total. The fourth-order valence-electron chi connectivity index (χ4n) is 1.09. The molecule has 1 aromatic rings. The maximum absolute atomic E-state index is 3.98. The molecule has 0 aliphatic carbocycles. The molecule has 0 aliphatic rings. The fourth-order valence-corrected chi connectivity index (χ4v) is 1.83. The van der Waals surface area contributed by atoms with E-state index in [4.69, 9.17) is 0 Å². The van der Waals surface area contributed by atoms with Crippen LogP contribution in [-0.2, 0) is 6.54 Å². The van der Waals surface area contributed by atoms with E-state index < -0.39 is 0 Å². The molecule has 1 aromatic heterocycles. The highest BCUT2D eigenvalue weighted by Crippen LogP contribution is 2.15. The Morgan fingerprint density at radius 3 is 2.94 bits per heavy atom. The van der Waals surface area contributed by atoms with E-state index >= 15 is 0 Å². The summed E-state index contributed by atoms with van der Waals surface area (Å²) in [6, 6.07) is 0.489. The van der Waals surface area contributed by atoms with Crippen LogP contribution in [0.15, 0.2) is 17.3 Å². The summed E-state index contributed by atoms with van der Waals surface area (Å²) in [7, 11) is 0. The molecule has 0 unspecified atom stereocenters. The zero-order valence-corrected chi connectivity index (χ0v) is 10.9. The Bertz CT molecular complexity index is 334. The van der Waals surface area contributed by atoms with Crippen LogP contribution in [0.3, 0.4) is 0 Å². The molecule has 1 N–H and O–H groups in total. The molecule has 0 aliphatic heterocycles. The van der Waals surface area contributed by atoms with E-state index in [1.807, 2.05) is 11.6 Å². The van der Waals surface area contributed by atoms with Gasteiger partial charge in [0.15, 0.2) is 0 Å². The summed E-state index contributed by atoms with van der Waals surface area (Å²) in [5.74, 6) is 0.859. The largest absolute Gasteiger partial charge is 0.313 e. The van der Waals surface area contributed by atoms with Crippen molar-refractivity contribution < 1.29 is 0 Å². The van der Waals surface area contributed by atoms with E-state index in [0.717, 1.165) is 29.6 Å². The normalized spacial score (nSPS) is 11.0. The molecule has 0 fully saturated rings. The third-order valence-corrected chi connectivity index (χ3v) is 3.01. The Morgan fingerprint density at radius 1 is 1.56 bits per heavy atom. The zero-order chi connectivity index (χ0) is 12.0. The first-order chi connectivity index (χ1) is 7.59. The Labute approximate surface area is 101 Å². The molecular weight excluding hydrogens is 222 g/mol. The fraction of sp³-hybridized carbons (Fsp3) is 0.700. The number of hydrogen-bond acceptors (Lipinski definition) is 5. The second kappa shape index (κ2) is 6.65. The van der Waals surface area contributed by atoms with E-state index in [9.17, 15) is 0 Å². The van der Waals surface area contributed by atoms with Gasteiger partial charge in [-0.3, -0.25) is 0 Å². The van der Waals surface area contributed by atoms with E-state index in [1.54, 1.807) is 11.8 Å². The minimum absolute atomic E-state index is 0.489. The van der Waals surface area contributed by atoms with Crippen molar-refractivity contribution in [1.82, 2.24) is 25.5 Å². The lowest BCUT2D eigenvalue weighted by molar-refractivity contribution is 0.485. The highest BCUT2D eigenvalue weighted by molar-refractivity contribution is 7.99. The van der Waals surface area contributed by atoms with E-state index in [0.29, 0.717) is 6.04 Å². The van der Waals surface area contributed by atoms with E-state index in [-0.39, 0.29) is 0 Å². The average molecular weight is 241 g/mol. The summed E-state index contributed by atoms with van der Waals surface area (Å²) in [6.07, 6.45) is 0. The summed E-state index contributed by atoms with van der Waals surface area (Å²) in [5.41, 5.74) is 1.12. The molecule has 0 amide bonds. The van der Waals surface area contributed by atoms with E-state index in [2.05, 4.69) is 41.3 Å². The quantitative estimate of drug-likeness (QED) is 0.576. The zero-order valence-electron chi connectivity index (χ0n) is 10.1. The lowest BCUT2D eigenvalue weighted by atomic mass is 10.4. The van der Waals surface area contributed by atoms with Gasteiger partial charge in [-0.1, -0.05) is 37.8 Å². The van der Waals surface area contributed by atoms with Crippen LogP contribution >= 0.6 is 11.8 Å². The lowest BCUT2D eigenvalue weighted by Crippen LogP contribution is -2.27. The monoisotopic (exact) mass is 241 g/mol. The van der Waals surface area contributed by atoms with Gasteiger partial charge in [0, 0.05) is 18.3 Å². The van der Waals surface area contributed by atoms with Crippen LogP contribution in [0.2, 0.25) is 0 Å². The van der Waals surface area contributed by atoms with Crippen LogP contribution in [0.1, 0.15) is 20.8 Å². The average Bonchev–Trinajstić information content (AvgIpc) is 2.62. The number of aromatic nitrogens is 4. The summed E-state index contributed by atoms with van der Waals surface area (Å²) in [6.45, 7) is 11.8. The van der Waals surface area contributed by atoms with Crippen molar-refractivity contribution in [3.8, 4) is 0 Å². The van der Waals surface area contributed by atoms with Crippen molar-refractivity contribution in [2.75, 3.05) is 12.3 Å². The van der Waals surface area contributed by atoms with Gasteiger partial charge in [-0.2, -0.15) is 0 Å². The molecule has 6 heteroatoms. The van der Waals surface area contributed by atoms with Gasteiger partial charge in [0.1, 0.15) is 0 Å². The molecule has 0 radical (unpaired) electrons. The summed E-state index contributed by atoms with van der Waals surface area (Å²) in [5, 5.41) is 15.8. The minimum atomic E-state index is 0.489. The Balaban J connectivity index is 2.40. The van der Waals surface area contributed by atoms with Crippen LogP contribution < -0.4 is 5.32 Å². The Kier molecular flexibility index (Phi) is 5.48. The smallest absolute Gasteiger partial charge is 0.209 e. The molecule has 90 valence electrons. The molecule has 0 saturated carbocycles. The molecule has 0 saturated heterocycles. The SMILES string of the molecule is C=C(C)CSc1nnnn1CCNC(C)C. The molecule has 0 atom stereocenters. The third-order valence-electron chi connectivity index (χ3n) is 1.82. The predicted octanol–water partition coefficient (Wildman–Crippen LogP) is 1.34. The van der Waals surface area contributed by atoms with Gasteiger partial charge >= 0.3 is 0 Å². The molecule has 0 bridgehead atoms. The molecule has 16 heavy (non-hydrogen) atoms. The van der Waals surface area contributed by atoms with Gasteiger partial charge in [-0.05, 0) is 17.4 Å². The van der Waals surface area contributed by atoms with Gasteiger partial charge in [0.25, 0.3) is 0 Å². The van der Waals surface area contributed by atoms with Crippen molar-refractivity contribution in [3.05, 3.63) is 12.2 Å². The highest BCUT2D eigenvalue weighted by atomic mass is 32.2. The number of rotatable bonds is 7. The summed E-state index contributed by atoms with van der Waals surface area (Å²) in [4.78, 5) is 0. The molecule has 1 heterocycles. The Hall–Kier alpha value is -0.880. The van der Waals surface area contributed by atoms with Gasteiger partial charge in [-0.15, -0.1) is 5.10 Å². The van der Waals surface area contributed by atoms with Gasteiger partial charge < -0.3 is 5.32 Å². The van der Waals surface area contributed by atoms with Crippen molar-refractivity contribution >= 4 is 11.8 Å². The number of nitrogens with one attached hydrogen (secondary N) is 1.